The Balaban J connectivity index is 0.00000144. The van der Waals surface area contributed by atoms with Crippen LogP contribution >= 0.6 is 47.2 Å². The SMILES string of the molecule is Cl.Cl/C(=C/n1cncn1)c1ccc(Cl)cc1Cl. The summed E-state index contributed by atoms with van der Waals surface area (Å²) in [4.78, 5) is 3.80. The lowest BCUT2D eigenvalue weighted by Crippen LogP contribution is -1.88. The van der Waals surface area contributed by atoms with Gasteiger partial charge in [0.15, 0.2) is 0 Å². The molecule has 0 bridgehead atoms. The lowest BCUT2D eigenvalue weighted by molar-refractivity contribution is 0.936. The molecule has 0 N–H and O–H groups in total. The predicted octanol–water partition coefficient (Wildman–Crippen LogP) is 4.20. The Bertz CT molecular complexity index is 522. The minimum atomic E-state index is 0. The van der Waals surface area contributed by atoms with Crippen LogP contribution < -0.4 is 0 Å². The van der Waals surface area contributed by atoms with E-state index in [0.29, 0.717) is 20.6 Å². The van der Waals surface area contributed by atoms with Gasteiger partial charge in [0.2, 0.25) is 0 Å². The molecule has 0 atom stereocenters. The van der Waals surface area contributed by atoms with Gasteiger partial charge in [-0.3, -0.25) is 0 Å². The number of aromatic nitrogens is 3. The fourth-order valence-electron chi connectivity index (χ4n) is 1.15. The van der Waals surface area contributed by atoms with E-state index < -0.39 is 0 Å². The van der Waals surface area contributed by atoms with Crippen LogP contribution in [-0.4, -0.2) is 14.8 Å². The first-order valence-electron chi connectivity index (χ1n) is 4.33. The second-order valence-electron chi connectivity index (χ2n) is 2.98. The van der Waals surface area contributed by atoms with E-state index in [-0.39, 0.29) is 12.4 Å². The summed E-state index contributed by atoms with van der Waals surface area (Å²) in [6, 6.07) is 5.11. The Kier molecular flexibility index (Phi) is 5.28. The van der Waals surface area contributed by atoms with Crippen molar-refractivity contribution in [3.05, 3.63) is 46.5 Å². The Morgan fingerprint density at radius 2 is 2.06 bits per heavy atom. The van der Waals surface area contributed by atoms with E-state index in [9.17, 15) is 0 Å². The van der Waals surface area contributed by atoms with E-state index in [1.165, 1.54) is 17.3 Å². The zero-order chi connectivity index (χ0) is 11.5. The molecule has 0 saturated carbocycles. The zero-order valence-electron chi connectivity index (χ0n) is 8.35. The van der Waals surface area contributed by atoms with E-state index in [4.69, 9.17) is 34.8 Å². The summed E-state index contributed by atoms with van der Waals surface area (Å²) in [5.41, 5.74) is 0.697. The van der Waals surface area contributed by atoms with Gasteiger partial charge in [0, 0.05) is 16.8 Å². The Morgan fingerprint density at radius 1 is 1.29 bits per heavy atom. The summed E-state index contributed by atoms with van der Waals surface area (Å²) >= 11 is 17.9. The van der Waals surface area contributed by atoms with Gasteiger partial charge in [0.25, 0.3) is 0 Å². The van der Waals surface area contributed by atoms with Gasteiger partial charge in [-0.2, -0.15) is 5.10 Å². The minimum absolute atomic E-state index is 0. The maximum atomic E-state index is 6.10. The average Bonchev–Trinajstić information content (AvgIpc) is 2.70. The lowest BCUT2D eigenvalue weighted by Gasteiger charge is -2.03. The van der Waals surface area contributed by atoms with Crippen molar-refractivity contribution in [1.82, 2.24) is 14.8 Å². The van der Waals surface area contributed by atoms with Crippen molar-refractivity contribution in [2.24, 2.45) is 0 Å². The van der Waals surface area contributed by atoms with Crippen molar-refractivity contribution in [3.8, 4) is 0 Å². The number of hydrogen-bond donors (Lipinski definition) is 0. The van der Waals surface area contributed by atoms with E-state index in [1.54, 1.807) is 24.4 Å². The highest BCUT2D eigenvalue weighted by Crippen LogP contribution is 2.29. The van der Waals surface area contributed by atoms with E-state index in [1.807, 2.05) is 0 Å². The molecular formula is C10H7Cl4N3. The highest BCUT2D eigenvalue weighted by atomic mass is 35.5. The number of hydrogen-bond acceptors (Lipinski definition) is 2. The topological polar surface area (TPSA) is 30.7 Å². The third kappa shape index (κ3) is 3.61. The molecule has 3 nitrogen and oxygen atoms in total. The Morgan fingerprint density at radius 3 is 2.65 bits per heavy atom. The maximum Gasteiger partial charge on any atom is 0.138 e. The molecule has 0 saturated heterocycles. The molecule has 90 valence electrons. The molecule has 1 heterocycles. The van der Waals surface area contributed by atoms with Crippen LogP contribution in [0.2, 0.25) is 10.0 Å². The summed E-state index contributed by atoms with van der Waals surface area (Å²) < 4.78 is 1.49. The zero-order valence-corrected chi connectivity index (χ0v) is 11.4. The van der Waals surface area contributed by atoms with Gasteiger partial charge in [-0.05, 0) is 12.1 Å². The van der Waals surface area contributed by atoms with Crippen molar-refractivity contribution in [2.75, 3.05) is 0 Å². The first-order valence-corrected chi connectivity index (χ1v) is 5.47. The Hall–Kier alpha value is -0.740. The molecule has 7 heteroatoms. The molecule has 0 radical (unpaired) electrons. The predicted molar refractivity (Wildman–Crippen MR) is 73.8 cm³/mol. The number of nitrogens with zero attached hydrogens (tertiary/aromatic N) is 3. The summed E-state index contributed by atoms with van der Waals surface area (Å²) in [6.45, 7) is 0. The van der Waals surface area contributed by atoms with Gasteiger partial charge in [0.1, 0.15) is 12.7 Å². The van der Waals surface area contributed by atoms with Crippen LogP contribution in [-0.2, 0) is 0 Å². The monoisotopic (exact) mass is 309 g/mol. The third-order valence-electron chi connectivity index (χ3n) is 1.87. The molecule has 1 aromatic heterocycles. The largest absolute Gasteiger partial charge is 0.227 e. The quantitative estimate of drug-likeness (QED) is 0.832. The van der Waals surface area contributed by atoms with Crippen molar-refractivity contribution >= 4 is 58.4 Å². The Labute approximate surface area is 119 Å². The van der Waals surface area contributed by atoms with Crippen LogP contribution in [0.4, 0.5) is 0 Å². The van der Waals surface area contributed by atoms with Crippen LogP contribution in [0.5, 0.6) is 0 Å². The normalized spacial score (nSPS) is 11.1. The number of benzene rings is 1. The summed E-state index contributed by atoms with van der Waals surface area (Å²) in [5, 5.41) is 5.43. The van der Waals surface area contributed by atoms with Gasteiger partial charge in [-0.25, -0.2) is 9.67 Å². The number of halogens is 4. The molecule has 1 aromatic carbocycles. The van der Waals surface area contributed by atoms with Gasteiger partial charge in [-0.1, -0.05) is 40.9 Å². The second-order valence-corrected chi connectivity index (χ2v) is 4.23. The second kappa shape index (κ2) is 6.26. The smallest absolute Gasteiger partial charge is 0.138 e. The molecular weight excluding hydrogens is 304 g/mol. The molecule has 17 heavy (non-hydrogen) atoms. The van der Waals surface area contributed by atoms with E-state index in [2.05, 4.69) is 10.1 Å². The molecule has 2 rings (SSSR count). The average molecular weight is 311 g/mol. The van der Waals surface area contributed by atoms with Gasteiger partial charge in [-0.15, -0.1) is 12.4 Å². The fourth-order valence-corrected chi connectivity index (χ4v) is 1.98. The molecule has 0 aliphatic carbocycles. The summed E-state index contributed by atoms with van der Waals surface area (Å²) in [7, 11) is 0. The van der Waals surface area contributed by atoms with Crippen LogP contribution in [0.25, 0.3) is 11.2 Å². The minimum Gasteiger partial charge on any atom is -0.227 e. The summed E-state index contributed by atoms with van der Waals surface area (Å²) in [5.74, 6) is 0. The van der Waals surface area contributed by atoms with Crippen LogP contribution in [0.3, 0.4) is 0 Å². The molecule has 0 amide bonds. The van der Waals surface area contributed by atoms with Crippen molar-refractivity contribution in [1.29, 1.82) is 0 Å². The fraction of sp³-hybridized carbons (Fsp3) is 0. The standard InChI is InChI=1S/C10H6Cl3N3.ClH/c11-7-1-2-8(9(12)3-7)10(13)4-16-6-14-5-15-16;/h1-6H;1H/b10-4+;. The van der Waals surface area contributed by atoms with Crippen LogP contribution in [0.1, 0.15) is 5.56 Å². The van der Waals surface area contributed by atoms with E-state index >= 15 is 0 Å². The van der Waals surface area contributed by atoms with Gasteiger partial charge >= 0.3 is 0 Å². The third-order valence-corrected chi connectivity index (χ3v) is 2.72. The van der Waals surface area contributed by atoms with Gasteiger partial charge < -0.3 is 0 Å². The van der Waals surface area contributed by atoms with Crippen molar-refractivity contribution in [2.45, 2.75) is 0 Å². The van der Waals surface area contributed by atoms with Crippen LogP contribution in [0.15, 0.2) is 30.9 Å². The molecule has 0 unspecified atom stereocenters. The molecule has 0 spiro atoms. The van der Waals surface area contributed by atoms with E-state index in [0.717, 1.165) is 0 Å². The molecule has 0 aliphatic rings. The molecule has 0 aliphatic heterocycles. The highest BCUT2D eigenvalue weighted by molar-refractivity contribution is 6.52. The highest BCUT2D eigenvalue weighted by Gasteiger charge is 2.05. The first kappa shape index (κ1) is 14.3. The van der Waals surface area contributed by atoms with Crippen molar-refractivity contribution < 1.29 is 0 Å². The van der Waals surface area contributed by atoms with Crippen molar-refractivity contribution in [3.63, 3.8) is 0 Å². The first-order chi connectivity index (χ1) is 7.66. The molecule has 2 aromatic rings. The number of rotatable bonds is 2. The summed E-state index contributed by atoms with van der Waals surface area (Å²) in [6.07, 6.45) is 4.57. The van der Waals surface area contributed by atoms with Gasteiger partial charge in [0.05, 0.1) is 10.1 Å². The lowest BCUT2D eigenvalue weighted by atomic mass is 10.2. The van der Waals surface area contributed by atoms with Crippen LogP contribution in [0, 0.1) is 0 Å². The molecule has 0 fully saturated rings. The maximum absolute atomic E-state index is 6.10.